The number of nitrogens with zero attached hydrogens (tertiary/aromatic N) is 1. The monoisotopic (exact) mass is 369 g/mol. The van der Waals surface area contributed by atoms with Crippen LogP contribution in [0.25, 0.3) is 6.08 Å². The van der Waals surface area contributed by atoms with Gasteiger partial charge in [0.25, 0.3) is 5.91 Å². The van der Waals surface area contributed by atoms with Crippen LogP contribution in [0.1, 0.15) is 24.5 Å². The number of thiocarbonyl (C=S) groups is 1. The highest BCUT2D eigenvalue weighted by Crippen LogP contribution is 2.34. The predicted molar refractivity (Wildman–Crippen MR) is 107 cm³/mol. The SMILES string of the molecule is CCCN1C(=O)/C(=C/c2ccccc2OCc2ccccc2)SC1=S. The van der Waals surface area contributed by atoms with Crippen molar-refractivity contribution in [1.82, 2.24) is 4.90 Å². The fourth-order valence-electron chi connectivity index (χ4n) is 2.52. The summed E-state index contributed by atoms with van der Waals surface area (Å²) in [4.78, 5) is 14.8. The molecule has 0 bridgehead atoms. The topological polar surface area (TPSA) is 29.5 Å². The highest BCUT2D eigenvalue weighted by molar-refractivity contribution is 8.26. The molecule has 0 N–H and O–H groups in total. The molecule has 1 amide bonds. The van der Waals surface area contributed by atoms with E-state index in [1.54, 1.807) is 4.90 Å². The van der Waals surface area contributed by atoms with Crippen molar-refractivity contribution in [1.29, 1.82) is 0 Å². The largest absolute Gasteiger partial charge is 0.488 e. The molecule has 0 unspecified atom stereocenters. The molecule has 3 nitrogen and oxygen atoms in total. The van der Waals surface area contributed by atoms with Crippen LogP contribution in [0.2, 0.25) is 0 Å². The molecule has 5 heteroatoms. The van der Waals surface area contributed by atoms with E-state index in [9.17, 15) is 4.79 Å². The molecular weight excluding hydrogens is 350 g/mol. The van der Waals surface area contributed by atoms with Crippen LogP contribution in [0.3, 0.4) is 0 Å². The van der Waals surface area contributed by atoms with Gasteiger partial charge in [0.1, 0.15) is 16.7 Å². The van der Waals surface area contributed by atoms with E-state index in [2.05, 4.69) is 0 Å². The van der Waals surface area contributed by atoms with Crippen molar-refractivity contribution in [3.05, 3.63) is 70.6 Å². The highest BCUT2D eigenvalue weighted by atomic mass is 32.2. The van der Waals surface area contributed by atoms with E-state index in [-0.39, 0.29) is 5.91 Å². The molecule has 2 aromatic rings. The number of benzene rings is 2. The molecule has 0 radical (unpaired) electrons. The van der Waals surface area contributed by atoms with Crippen molar-refractivity contribution >= 4 is 40.3 Å². The maximum Gasteiger partial charge on any atom is 0.266 e. The van der Waals surface area contributed by atoms with E-state index in [4.69, 9.17) is 17.0 Å². The summed E-state index contributed by atoms with van der Waals surface area (Å²) < 4.78 is 6.58. The van der Waals surface area contributed by atoms with Gasteiger partial charge < -0.3 is 4.74 Å². The van der Waals surface area contributed by atoms with Crippen molar-refractivity contribution in [2.24, 2.45) is 0 Å². The minimum absolute atomic E-state index is 0.0188. The summed E-state index contributed by atoms with van der Waals surface area (Å²) in [5.74, 6) is 0.738. The second kappa shape index (κ2) is 8.32. The Kier molecular flexibility index (Phi) is 5.89. The van der Waals surface area contributed by atoms with Gasteiger partial charge in [-0.2, -0.15) is 0 Å². The van der Waals surface area contributed by atoms with Crippen LogP contribution in [-0.2, 0) is 11.4 Å². The van der Waals surface area contributed by atoms with Crippen LogP contribution in [0.15, 0.2) is 59.5 Å². The minimum atomic E-state index is -0.0188. The van der Waals surface area contributed by atoms with E-state index in [0.717, 1.165) is 23.3 Å². The zero-order valence-electron chi connectivity index (χ0n) is 14.0. The smallest absolute Gasteiger partial charge is 0.266 e. The molecule has 3 rings (SSSR count). The fraction of sp³-hybridized carbons (Fsp3) is 0.200. The molecule has 0 atom stereocenters. The Labute approximate surface area is 157 Å². The predicted octanol–water partition coefficient (Wildman–Crippen LogP) is 4.88. The van der Waals surface area contributed by atoms with E-state index in [0.29, 0.717) is 22.4 Å². The Bertz CT molecular complexity index is 802. The Balaban J connectivity index is 1.79. The van der Waals surface area contributed by atoms with Gasteiger partial charge in [0.2, 0.25) is 0 Å². The van der Waals surface area contributed by atoms with Gasteiger partial charge in [0.15, 0.2) is 0 Å². The second-order valence-electron chi connectivity index (χ2n) is 5.65. The summed E-state index contributed by atoms with van der Waals surface area (Å²) in [6, 6.07) is 17.8. The lowest BCUT2D eigenvalue weighted by molar-refractivity contribution is -0.122. The molecule has 0 saturated carbocycles. The zero-order chi connectivity index (χ0) is 17.6. The van der Waals surface area contributed by atoms with Crippen LogP contribution in [-0.4, -0.2) is 21.7 Å². The zero-order valence-corrected chi connectivity index (χ0v) is 15.6. The number of hydrogen-bond acceptors (Lipinski definition) is 4. The molecule has 0 aliphatic carbocycles. The summed E-state index contributed by atoms with van der Waals surface area (Å²) in [6.07, 6.45) is 2.76. The van der Waals surface area contributed by atoms with Gasteiger partial charge in [-0.15, -0.1) is 0 Å². The van der Waals surface area contributed by atoms with Gasteiger partial charge in [0, 0.05) is 12.1 Å². The van der Waals surface area contributed by atoms with Crippen LogP contribution in [0.5, 0.6) is 5.75 Å². The maximum atomic E-state index is 12.5. The number of para-hydroxylation sites is 1. The van der Waals surface area contributed by atoms with Crippen LogP contribution in [0.4, 0.5) is 0 Å². The third-order valence-electron chi connectivity index (χ3n) is 3.76. The molecule has 1 aliphatic rings. The minimum Gasteiger partial charge on any atom is -0.488 e. The first-order valence-corrected chi connectivity index (χ1v) is 9.42. The molecule has 1 aliphatic heterocycles. The van der Waals surface area contributed by atoms with Crippen molar-refractivity contribution in [2.45, 2.75) is 20.0 Å². The first-order chi connectivity index (χ1) is 12.2. The van der Waals surface area contributed by atoms with Gasteiger partial charge in [-0.25, -0.2) is 0 Å². The van der Waals surface area contributed by atoms with Crippen LogP contribution < -0.4 is 4.74 Å². The van der Waals surface area contributed by atoms with Crippen molar-refractivity contribution in [3.63, 3.8) is 0 Å². The van der Waals surface area contributed by atoms with Gasteiger partial charge in [-0.05, 0) is 24.1 Å². The molecule has 1 heterocycles. The normalized spacial score (nSPS) is 15.9. The summed E-state index contributed by atoms with van der Waals surface area (Å²) in [6.45, 7) is 3.19. The lowest BCUT2D eigenvalue weighted by Gasteiger charge is -2.12. The van der Waals surface area contributed by atoms with E-state index in [1.807, 2.05) is 67.6 Å². The van der Waals surface area contributed by atoms with Gasteiger partial charge in [0.05, 0.1) is 4.91 Å². The Morgan fingerprint density at radius 1 is 1.12 bits per heavy atom. The third kappa shape index (κ3) is 4.30. The Hall–Kier alpha value is -2.11. The summed E-state index contributed by atoms with van der Waals surface area (Å²) in [5, 5.41) is 0. The number of rotatable bonds is 6. The number of carbonyl (C=O) groups excluding carboxylic acids is 1. The molecular formula is C20H19NO2S2. The standard InChI is InChI=1S/C20H19NO2S2/c1-2-12-21-19(22)18(25-20(21)24)13-16-10-6-7-11-17(16)23-14-15-8-4-3-5-9-15/h3-11,13H,2,12,14H2,1H3/b18-13-. The first-order valence-electron chi connectivity index (χ1n) is 8.20. The lowest BCUT2D eigenvalue weighted by atomic mass is 10.1. The molecule has 2 aromatic carbocycles. The van der Waals surface area contributed by atoms with Crippen molar-refractivity contribution in [2.75, 3.05) is 6.54 Å². The van der Waals surface area contributed by atoms with Gasteiger partial charge >= 0.3 is 0 Å². The molecule has 1 fully saturated rings. The van der Waals surface area contributed by atoms with E-state index < -0.39 is 0 Å². The van der Waals surface area contributed by atoms with Crippen LogP contribution in [0, 0.1) is 0 Å². The Morgan fingerprint density at radius 2 is 1.84 bits per heavy atom. The lowest BCUT2D eigenvalue weighted by Crippen LogP contribution is -2.28. The molecule has 128 valence electrons. The fourth-order valence-corrected chi connectivity index (χ4v) is 3.82. The maximum absolute atomic E-state index is 12.5. The molecule has 25 heavy (non-hydrogen) atoms. The quantitative estimate of drug-likeness (QED) is 0.536. The Morgan fingerprint density at radius 3 is 2.60 bits per heavy atom. The van der Waals surface area contributed by atoms with Gasteiger partial charge in [-0.3, -0.25) is 9.69 Å². The molecule has 0 aromatic heterocycles. The summed E-state index contributed by atoms with van der Waals surface area (Å²) in [7, 11) is 0. The number of carbonyl (C=O) groups is 1. The first kappa shape index (κ1) is 17.7. The summed E-state index contributed by atoms with van der Waals surface area (Å²) in [5.41, 5.74) is 1.99. The van der Waals surface area contributed by atoms with E-state index >= 15 is 0 Å². The molecule has 1 saturated heterocycles. The van der Waals surface area contributed by atoms with Crippen molar-refractivity contribution < 1.29 is 9.53 Å². The van der Waals surface area contributed by atoms with E-state index in [1.165, 1.54) is 11.8 Å². The number of amides is 1. The number of hydrogen-bond donors (Lipinski definition) is 0. The third-order valence-corrected chi connectivity index (χ3v) is 5.14. The molecule has 0 spiro atoms. The van der Waals surface area contributed by atoms with Crippen molar-refractivity contribution in [3.8, 4) is 5.75 Å². The highest BCUT2D eigenvalue weighted by Gasteiger charge is 2.31. The average molecular weight is 370 g/mol. The average Bonchev–Trinajstić information content (AvgIpc) is 2.90. The number of ether oxygens (including phenoxy) is 1. The summed E-state index contributed by atoms with van der Waals surface area (Å²) >= 11 is 6.67. The van der Waals surface area contributed by atoms with Crippen LogP contribution >= 0.6 is 24.0 Å². The second-order valence-corrected chi connectivity index (χ2v) is 7.32. The van der Waals surface area contributed by atoms with Gasteiger partial charge in [-0.1, -0.05) is 79.4 Å². The number of thioether (sulfide) groups is 1.